The van der Waals surface area contributed by atoms with Gasteiger partial charge in [0.2, 0.25) is 0 Å². The number of aromatic carboxylic acids is 1. The Morgan fingerprint density at radius 3 is 2.83 bits per heavy atom. The second-order valence-corrected chi connectivity index (χ2v) is 9.28. The number of nitrogens with zero attached hydrogens (tertiary/aromatic N) is 1. The van der Waals surface area contributed by atoms with Crippen molar-refractivity contribution in [1.29, 1.82) is 0 Å². The normalized spacial score (nSPS) is 15.8. The van der Waals surface area contributed by atoms with Gasteiger partial charge in [0.05, 0.1) is 18.3 Å². The van der Waals surface area contributed by atoms with E-state index in [9.17, 15) is 15.0 Å². The average Bonchev–Trinajstić information content (AvgIpc) is 2.87. The fourth-order valence-corrected chi connectivity index (χ4v) is 4.10. The summed E-state index contributed by atoms with van der Waals surface area (Å²) in [4.78, 5) is 15.5. The van der Waals surface area contributed by atoms with Gasteiger partial charge in [0, 0.05) is 36.6 Å². The Labute approximate surface area is 205 Å². The van der Waals surface area contributed by atoms with E-state index < -0.39 is 12.1 Å². The third-order valence-electron chi connectivity index (χ3n) is 5.98. The van der Waals surface area contributed by atoms with Crippen molar-refractivity contribution in [2.24, 2.45) is 5.92 Å². The highest BCUT2D eigenvalue weighted by molar-refractivity contribution is 5.89. The van der Waals surface area contributed by atoms with E-state index in [-0.39, 0.29) is 11.7 Å². The van der Waals surface area contributed by atoms with Crippen molar-refractivity contribution < 1.29 is 24.5 Å². The Bertz CT molecular complexity index is 1150. The van der Waals surface area contributed by atoms with Gasteiger partial charge in [0.15, 0.2) is 0 Å². The highest BCUT2D eigenvalue weighted by Crippen LogP contribution is 2.36. The number of aryl methyl sites for hydroxylation is 1. The van der Waals surface area contributed by atoms with Crippen molar-refractivity contribution in [2.45, 2.75) is 38.9 Å². The summed E-state index contributed by atoms with van der Waals surface area (Å²) in [5.74, 6) is 0.776. The molecule has 0 fully saturated rings. The third-order valence-corrected chi connectivity index (χ3v) is 5.98. The number of aliphatic hydroxyl groups excluding tert-OH is 1. The van der Waals surface area contributed by atoms with Crippen LogP contribution in [0.3, 0.4) is 0 Å². The Balaban J connectivity index is 1.42. The van der Waals surface area contributed by atoms with E-state index >= 15 is 0 Å². The Morgan fingerprint density at radius 2 is 2.09 bits per heavy atom. The van der Waals surface area contributed by atoms with E-state index in [2.05, 4.69) is 30.2 Å². The number of aliphatic hydroxyl groups is 1. The Morgan fingerprint density at radius 1 is 1.23 bits per heavy atom. The van der Waals surface area contributed by atoms with Crippen molar-refractivity contribution in [3.63, 3.8) is 0 Å². The molecule has 0 amide bonds. The van der Waals surface area contributed by atoms with Crippen molar-refractivity contribution >= 4 is 5.97 Å². The predicted octanol–water partition coefficient (Wildman–Crippen LogP) is 4.50. The molecule has 1 aliphatic heterocycles. The minimum absolute atomic E-state index is 0.0224. The number of carboxylic acid groups (broad SMARTS) is 1. The molecule has 0 saturated carbocycles. The molecule has 0 unspecified atom stereocenters. The first-order valence-corrected chi connectivity index (χ1v) is 12.0. The molecule has 0 bridgehead atoms. The van der Waals surface area contributed by atoms with Gasteiger partial charge >= 0.3 is 5.97 Å². The van der Waals surface area contributed by atoms with E-state index in [0.29, 0.717) is 31.4 Å². The number of carbonyl (C=O) groups is 1. The Hall–Kier alpha value is -3.42. The summed E-state index contributed by atoms with van der Waals surface area (Å²) in [5.41, 5.74) is 3.95. The summed E-state index contributed by atoms with van der Waals surface area (Å²) in [5, 5.41) is 23.0. The summed E-state index contributed by atoms with van der Waals surface area (Å²) in [6.07, 6.45) is 4.51. The van der Waals surface area contributed by atoms with Gasteiger partial charge in [-0.3, -0.25) is 4.98 Å². The van der Waals surface area contributed by atoms with E-state index in [4.69, 9.17) is 9.47 Å². The van der Waals surface area contributed by atoms with Crippen LogP contribution in [0.4, 0.5) is 0 Å². The number of nitrogens with one attached hydrogen (secondary N) is 1. The zero-order valence-corrected chi connectivity index (χ0v) is 20.1. The molecule has 0 aliphatic carbocycles. The summed E-state index contributed by atoms with van der Waals surface area (Å²) < 4.78 is 12.2. The second-order valence-electron chi connectivity index (χ2n) is 9.28. The number of pyridine rings is 1. The van der Waals surface area contributed by atoms with Crippen LogP contribution in [-0.2, 0) is 6.42 Å². The quantitative estimate of drug-likeness (QED) is 0.396. The number of hydrogen-bond acceptors (Lipinski definition) is 6. The van der Waals surface area contributed by atoms with Crippen LogP contribution in [-0.4, -0.2) is 47.0 Å². The van der Waals surface area contributed by atoms with E-state index in [1.54, 1.807) is 24.5 Å². The minimum atomic E-state index is -0.975. The molecule has 3 N–H and O–H groups in total. The van der Waals surface area contributed by atoms with Crippen LogP contribution in [0.2, 0.25) is 0 Å². The number of hydrogen-bond donors (Lipinski definition) is 3. The molecule has 2 aromatic carbocycles. The molecule has 7 nitrogen and oxygen atoms in total. The molecule has 35 heavy (non-hydrogen) atoms. The standard InChI is InChI=1S/C28H32N2O5/c1-18(2)17-34-27-13-21(28(32)33)6-9-24(27)19-7-10-26-20(12-19)5-8-23(35-26)15-30-16-25(31)22-4-3-11-29-14-22/h3-4,6-7,9-14,18,23,25,30-31H,5,8,15-17H2,1-2H3,(H,32,33)/t23-,25+/m1/s1. The van der Waals surface area contributed by atoms with Gasteiger partial charge in [0.1, 0.15) is 17.6 Å². The first kappa shape index (κ1) is 24.7. The van der Waals surface area contributed by atoms with Crippen LogP contribution >= 0.6 is 0 Å². The van der Waals surface area contributed by atoms with Crippen molar-refractivity contribution in [2.75, 3.05) is 19.7 Å². The van der Waals surface area contributed by atoms with Crippen molar-refractivity contribution in [1.82, 2.24) is 10.3 Å². The number of benzene rings is 2. The van der Waals surface area contributed by atoms with Crippen LogP contribution in [0.1, 0.15) is 47.9 Å². The van der Waals surface area contributed by atoms with Crippen molar-refractivity contribution in [3.05, 3.63) is 77.6 Å². The lowest BCUT2D eigenvalue weighted by atomic mass is 9.96. The van der Waals surface area contributed by atoms with E-state index in [0.717, 1.165) is 40.8 Å². The molecule has 184 valence electrons. The smallest absolute Gasteiger partial charge is 0.335 e. The molecule has 1 aliphatic rings. The SMILES string of the molecule is CC(C)COc1cc(C(=O)O)ccc1-c1ccc2c(c1)CC[C@H](CNC[C@H](O)c1cccnc1)O2. The predicted molar refractivity (Wildman–Crippen MR) is 134 cm³/mol. The minimum Gasteiger partial charge on any atom is -0.493 e. The fourth-order valence-electron chi connectivity index (χ4n) is 4.10. The lowest BCUT2D eigenvalue weighted by molar-refractivity contribution is 0.0696. The number of aromatic nitrogens is 1. The second kappa shape index (κ2) is 11.3. The summed E-state index contributed by atoms with van der Waals surface area (Å²) in [7, 11) is 0. The highest BCUT2D eigenvalue weighted by atomic mass is 16.5. The molecule has 2 atom stereocenters. The molecule has 2 heterocycles. The number of ether oxygens (including phenoxy) is 2. The molecule has 0 spiro atoms. The lowest BCUT2D eigenvalue weighted by Gasteiger charge is -2.27. The van der Waals surface area contributed by atoms with Gasteiger partial charge in [-0.25, -0.2) is 4.79 Å². The Kier molecular flexibility index (Phi) is 8.00. The van der Waals surface area contributed by atoms with Gasteiger partial charge < -0.3 is 25.0 Å². The van der Waals surface area contributed by atoms with Gasteiger partial charge in [-0.15, -0.1) is 0 Å². The maximum Gasteiger partial charge on any atom is 0.335 e. The average molecular weight is 477 g/mol. The molecule has 3 aromatic rings. The number of rotatable bonds is 10. The molecule has 7 heteroatoms. The van der Waals surface area contributed by atoms with Gasteiger partial charge in [-0.05, 0) is 66.3 Å². The summed E-state index contributed by atoms with van der Waals surface area (Å²) >= 11 is 0. The largest absolute Gasteiger partial charge is 0.493 e. The van der Waals surface area contributed by atoms with Crippen molar-refractivity contribution in [3.8, 4) is 22.6 Å². The van der Waals surface area contributed by atoms with Crippen LogP contribution in [0.25, 0.3) is 11.1 Å². The van der Waals surface area contributed by atoms with Crippen LogP contribution in [0.5, 0.6) is 11.5 Å². The first-order chi connectivity index (χ1) is 16.9. The molecule has 0 radical (unpaired) electrons. The van der Waals surface area contributed by atoms with Crippen LogP contribution in [0, 0.1) is 5.92 Å². The number of fused-ring (bicyclic) bond motifs is 1. The lowest BCUT2D eigenvalue weighted by Crippen LogP contribution is -2.36. The molecular weight excluding hydrogens is 444 g/mol. The van der Waals surface area contributed by atoms with Crippen LogP contribution < -0.4 is 14.8 Å². The van der Waals surface area contributed by atoms with Gasteiger partial charge in [-0.1, -0.05) is 26.0 Å². The third kappa shape index (κ3) is 6.38. The van der Waals surface area contributed by atoms with Gasteiger partial charge in [-0.2, -0.15) is 0 Å². The fraction of sp³-hybridized carbons (Fsp3) is 0.357. The first-order valence-electron chi connectivity index (χ1n) is 12.0. The maximum atomic E-state index is 11.5. The highest BCUT2D eigenvalue weighted by Gasteiger charge is 2.21. The zero-order chi connectivity index (χ0) is 24.8. The van der Waals surface area contributed by atoms with E-state index in [1.165, 1.54) is 0 Å². The zero-order valence-electron chi connectivity index (χ0n) is 20.1. The van der Waals surface area contributed by atoms with Gasteiger partial charge in [0.25, 0.3) is 0 Å². The monoisotopic (exact) mass is 476 g/mol. The van der Waals surface area contributed by atoms with Crippen LogP contribution in [0.15, 0.2) is 60.9 Å². The van der Waals surface area contributed by atoms with E-state index in [1.807, 2.05) is 30.3 Å². The number of carboxylic acids is 1. The summed E-state index contributed by atoms with van der Waals surface area (Å²) in [6.45, 7) is 5.70. The molecular formula is C28H32N2O5. The summed E-state index contributed by atoms with van der Waals surface area (Å²) in [6, 6.07) is 14.7. The molecule has 1 aromatic heterocycles. The topological polar surface area (TPSA) is 101 Å². The molecule has 4 rings (SSSR count). The maximum absolute atomic E-state index is 11.5. The molecule has 0 saturated heterocycles.